The van der Waals surface area contributed by atoms with Crippen LogP contribution in [-0.2, 0) is 9.59 Å². The lowest BCUT2D eigenvalue weighted by molar-refractivity contribution is -0.132. The molecular formula is C6H6O2. The van der Waals surface area contributed by atoms with Gasteiger partial charge in [-0.2, -0.15) is 0 Å². The van der Waals surface area contributed by atoms with Crippen LogP contribution in [0.15, 0.2) is 11.6 Å². The number of carbonyl (C=O) groups is 2. The Labute approximate surface area is 47.2 Å². The Morgan fingerprint density at radius 3 is 2.25 bits per heavy atom. The van der Waals surface area contributed by atoms with Crippen molar-refractivity contribution < 1.29 is 9.59 Å². The van der Waals surface area contributed by atoms with E-state index in [1.165, 1.54) is 0 Å². The van der Waals surface area contributed by atoms with E-state index >= 15 is 0 Å². The van der Waals surface area contributed by atoms with Crippen molar-refractivity contribution >= 4 is 11.6 Å². The van der Waals surface area contributed by atoms with Crippen LogP contribution in [0.5, 0.6) is 0 Å². The minimum atomic E-state index is -0.315. The first-order valence-corrected chi connectivity index (χ1v) is 2.46. The lowest BCUT2D eigenvalue weighted by Crippen LogP contribution is -2.05. The molecule has 0 saturated carbocycles. The maximum absolute atomic E-state index is 10.5. The topological polar surface area (TPSA) is 34.1 Å². The van der Waals surface area contributed by atoms with Crippen LogP contribution in [0.4, 0.5) is 0 Å². The molecule has 0 N–H and O–H groups in total. The molecule has 0 bridgehead atoms. The molecule has 0 heterocycles. The fourth-order valence-corrected chi connectivity index (χ4v) is 0.651. The van der Waals surface area contributed by atoms with Crippen molar-refractivity contribution in [1.29, 1.82) is 0 Å². The molecule has 0 aliphatic heterocycles. The summed E-state index contributed by atoms with van der Waals surface area (Å²) in [7, 11) is 0. The number of allylic oxidation sites excluding steroid dienone is 2. The highest BCUT2D eigenvalue weighted by molar-refractivity contribution is 6.45. The van der Waals surface area contributed by atoms with E-state index in [4.69, 9.17) is 0 Å². The fraction of sp³-hybridized carbons (Fsp3) is 0.333. The molecule has 2 heteroatoms. The molecule has 0 saturated heterocycles. The van der Waals surface area contributed by atoms with E-state index in [0.29, 0.717) is 12.0 Å². The minimum absolute atomic E-state index is 0.275. The number of Topliss-reactive ketones (excluding diaryl/α,β-unsaturated/α-hetero) is 2. The van der Waals surface area contributed by atoms with Crippen LogP contribution >= 0.6 is 0 Å². The zero-order valence-electron chi connectivity index (χ0n) is 4.60. The zero-order valence-corrected chi connectivity index (χ0v) is 4.60. The Hall–Kier alpha value is -0.920. The van der Waals surface area contributed by atoms with Gasteiger partial charge >= 0.3 is 0 Å². The molecule has 0 aromatic heterocycles. The molecule has 42 valence electrons. The minimum Gasteiger partial charge on any atom is -0.290 e. The second-order valence-corrected chi connectivity index (χ2v) is 1.84. The predicted molar refractivity (Wildman–Crippen MR) is 28.4 cm³/mol. The van der Waals surface area contributed by atoms with Crippen LogP contribution < -0.4 is 0 Å². The Balaban J connectivity index is 2.89. The maximum atomic E-state index is 10.5. The molecule has 0 spiro atoms. The summed E-state index contributed by atoms with van der Waals surface area (Å²) >= 11 is 0. The van der Waals surface area contributed by atoms with Crippen molar-refractivity contribution in [2.24, 2.45) is 0 Å². The van der Waals surface area contributed by atoms with Crippen molar-refractivity contribution in [2.45, 2.75) is 13.3 Å². The van der Waals surface area contributed by atoms with Gasteiger partial charge in [-0.3, -0.25) is 9.59 Å². The Morgan fingerprint density at radius 1 is 1.50 bits per heavy atom. The van der Waals surface area contributed by atoms with Crippen LogP contribution in [0, 0.1) is 0 Å². The summed E-state index contributed by atoms with van der Waals surface area (Å²) in [6, 6.07) is 0. The Kier molecular flexibility index (Phi) is 1.01. The fourth-order valence-electron chi connectivity index (χ4n) is 0.651. The molecule has 0 atom stereocenters. The third-order valence-electron chi connectivity index (χ3n) is 1.21. The molecular weight excluding hydrogens is 104 g/mol. The normalized spacial score (nSPS) is 19.4. The molecule has 1 aliphatic rings. The van der Waals surface area contributed by atoms with Crippen molar-refractivity contribution in [3.05, 3.63) is 11.6 Å². The standard InChI is InChI=1S/C6H6O2/c1-4-2-3-5(7)6(4)8/h2H,3H2,1H3. The van der Waals surface area contributed by atoms with E-state index in [0.717, 1.165) is 0 Å². The van der Waals surface area contributed by atoms with E-state index in [2.05, 4.69) is 0 Å². The van der Waals surface area contributed by atoms with Gasteiger partial charge in [0.15, 0.2) is 0 Å². The molecule has 0 fully saturated rings. The monoisotopic (exact) mass is 110 g/mol. The number of carbonyl (C=O) groups excluding carboxylic acids is 2. The Bertz CT molecular complexity index is 177. The van der Waals surface area contributed by atoms with Crippen molar-refractivity contribution in [2.75, 3.05) is 0 Å². The summed E-state index contributed by atoms with van der Waals surface area (Å²) < 4.78 is 0. The number of hydrogen-bond acceptors (Lipinski definition) is 2. The molecule has 0 radical (unpaired) electrons. The van der Waals surface area contributed by atoms with E-state index in [1.54, 1.807) is 13.0 Å². The largest absolute Gasteiger partial charge is 0.290 e. The first-order chi connectivity index (χ1) is 3.72. The summed E-state index contributed by atoms with van der Waals surface area (Å²) in [5.74, 6) is -0.590. The SMILES string of the molecule is CC1=CCC(=O)C1=O. The highest BCUT2D eigenvalue weighted by Gasteiger charge is 2.19. The summed E-state index contributed by atoms with van der Waals surface area (Å²) in [4.78, 5) is 20.9. The van der Waals surface area contributed by atoms with Crippen LogP contribution in [-0.4, -0.2) is 11.6 Å². The van der Waals surface area contributed by atoms with Crippen LogP contribution in [0.2, 0.25) is 0 Å². The van der Waals surface area contributed by atoms with Gasteiger partial charge in [0.25, 0.3) is 0 Å². The zero-order chi connectivity index (χ0) is 6.15. The van der Waals surface area contributed by atoms with Crippen LogP contribution in [0.25, 0.3) is 0 Å². The predicted octanol–water partition coefficient (Wildman–Crippen LogP) is 0.475. The Morgan fingerprint density at radius 2 is 2.12 bits per heavy atom. The molecule has 1 rings (SSSR count). The van der Waals surface area contributed by atoms with Gasteiger partial charge in [0.05, 0.1) is 0 Å². The number of ketones is 2. The quantitative estimate of drug-likeness (QED) is 0.425. The summed E-state index contributed by atoms with van der Waals surface area (Å²) in [6.07, 6.45) is 1.97. The number of rotatable bonds is 0. The summed E-state index contributed by atoms with van der Waals surface area (Å²) in [5, 5.41) is 0. The van der Waals surface area contributed by atoms with Crippen LogP contribution in [0.3, 0.4) is 0 Å². The van der Waals surface area contributed by atoms with Gasteiger partial charge in [-0.15, -0.1) is 0 Å². The molecule has 0 aromatic rings. The van der Waals surface area contributed by atoms with Gasteiger partial charge in [-0.1, -0.05) is 6.08 Å². The first kappa shape index (κ1) is 5.22. The van der Waals surface area contributed by atoms with E-state index < -0.39 is 0 Å². The second kappa shape index (κ2) is 1.54. The van der Waals surface area contributed by atoms with Crippen molar-refractivity contribution in [3.8, 4) is 0 Å². The number of hydrogen-bond donors (Lipinski definition) is 0. The van der Waals surface area contributed by atoms with Crippen LogP contribution in [0.1, 0.15) is 13.3 Å². The summed E-state index contributed by atoms with van der Waals surface area (Å²) in [6.45, 7) is 1.66. The highest BCUT2D eigenvalue weighted by Crippen LogP contribution is 2.08. The smallest absolute Gasteiger partial charge is 0.224 e. The second-order valence-electron chi connectivity index (χ2n) is 1.84. The van der Waals surface area contributed by atoms with Gasteiger partial charge in [0.1, 0.15) is 0 Å². The molecule has 1 aliphatic carbocycles. The van der Waals surface area contributed by atoms with Gasteiger partial charge in [-0.05, 0) is 12.5 Å². The first-order valence-electron chi connectivity index (χ1n) is 2.46. The molecule has 0 unspecified atom stereocenters. The third kappa shape index (κ3) is 0.579. The lowest BCUT2D eigenvalue weighted by atomic mass is 10.2. The van der Waals surface area contributed by atoms with Gasteiger partial charge in [0, 0.05) is 6.42 Å². The van der Waals surface area contributed by atoms with E-state index in [1.807, 2.05) is 0 Å². The van der Waals surface area contributed by atoms with Gasteiger partial charge < -0.3 is 0 Å². The maximum Gasteiger partial charge on any atom is 0.224 e. The highest BCUT2D eigenvalue weighted by atomic mass is 16.2. The van der Waals surface area contributed by atoms with E-state index in [-0.39, 0.29) is 11.6 Å². The lowest BCUT2D eigenvalue weighted by Gasteiger charge is -1.81. The third-order valence-corrected chi connectivity index (χ3v) is 1.21. The van der Waals surface area contributed by atoms with Gasteiger partial charge in [-0.25, -0.2) is 0 Å². The molecule has 8 heavy (non-hydrogen) atoms. The van der Waals surface area contributed by atoms with Crippen molar-refractivity contribution in [1.82, 2.24) is 0 Å². The van der Waals surface area contributed by atoms with Crippen molar-refractivity contribution in [3.63, 3.8) is 0 Å². The van der Waals surface area contributed by atoms with E-state index in [9.17, 15) is 9.59 Å². The average molecular weight is 110 g/mol. The molecule has 0 aromatic carbocycles. The molecule has 2 nitrogen and oxygen atoms in total. The molecule has 0 amide bonds. The average Bonchev–Trinajstić information content (AvgIpc) is 1.98. The summed E-state index contributed by atoms with van der Waals surface area (Å²) in [5.41, 5.74) is 0.593. The van der Waals surface area contributed by atoms with Gasteiger partial charge in [0.2, 0.25) is 11.6 Å².